The quantitative estimate of drug-likeness (QED) is 0.154. The maximum Gasteiger partial charge on any atom is 0.342 e. The zero-order valence-electron chi connectivity index (χ0n) is 22.0. The number of benzene rings is 1. The number of nitrogens with one attached hydrogen (secondary N) is 1. The fourth-order valence-corrected chi connectivity index (χ4v) is 4.62. The van der Waals surface area contributed by atoms with Crippen molar-refractivity contribution in [3.05, 3.63) is 35.4 Å². The smallest absolute Gasteiger partial charge is 0.342 e. The van der Waals surface area contributed by atoms with Crippen molar-refractivity contribution in [2.24, 2.45) is 5.73 Å². The minimum atomic E-state index is -1.51. The van der Waals surface area contributed by atoms with Gasteiger partial charge in [-0.2, -0.15) is 0 Å². The molecule has 0 fully saturated rings. The third-order valence-electron chi connectivity index (χ3n) is 6.75. The number of cyclic esters (lactones) is 2. The Bertz CT molecular complexity index is 704. The lowest BCUT2D eigenvalue weighted by atomic mass is 10.0. The second-order valence-corrected chi connectivity index (χ2v) is 9.88. The number of carbonyl (C=O) groups is 2. The summed E-state index contributed by atoms with van der Waals surface area (Å²) in [6.07, 6.45) is 21.2. The first-order chi connectivity index (χ1) is 17.1. The van der Waals surface area contributed by atoms with E-state index in [0.29, 0.717) is 17.7 Å². The highest BCUT2D eigenvalue weighted by Crippen LogP contribution is 2.23. The summed E-state index contributed by atoms with van der Waals surface area (Å²) in [6.45, 7) is 3.08. The minimum Gasteiger partial charge on any atom is -0.405 e. The van der Waals surface area contributed by atoms with E-state index in [9.17, 15) is 9.59 Å². The summed E-state index contributed by atoms with van der Waals surface area (Å²) in [4.78, 5) is 25.0. The van der Waals surface area contributed by atoms with Crippen LogP contribution in [0.25, 0.3) is 0 Å². The van der Waals surface area contributed by atoms with E-state index < -0.39 is 17.8 Å². The molecule has 1 aromatic carbocycles. The monoisotopic (exact) mass is 488 g/mol. The molecule has 0 atom stereocenters. The van der Waals surface area contributed by atoms with Crippen LogP contribution in [0.15, 0.2) is 24.3 Å². The molecule has 0 radical (unpaired) electrons. The van der Waals surface area contributed by atoms with Crippen LogP contribution in [0, 0.1) is 0 Å². The van der Waals surface area contributed by atoms with Crippen LogP contribution in [-0.4, -0.2) is 30.9 Å². The van der Waals surface area contributed by atoms with E-state index in [1.54, 1.807) is 18.2 Å². The van der Waals surface area contributed by atoms with Crippen molar-refractivity contribution < 1.29 is 19.1 Å². The third kappa shape index (κ3) is 11.6. The molecule has 6 nitrogen and oxygen atoms in total. The fourth-order valence-electron chi connectivity index (χ4n) is 4.62. The Morgan fingerprint density at radius 1 is 0.714 bits per heavy atom. The van der Waals surface area contributed by atoms with E-state index in [1.807, 2.05) is 0 Å². The second kappa shape index (κ2) is 17.5. The molecule has 0 saturated heterocycles. The summed E-state index contributed by atoms with van der Waals surface area (Å²) in [7, 11) is 0. The van der Waals surface area contributed by atoms with Gasteiger partial charge in [0.05, 0.1) is 17.5 Å². The van der Waals surface area contributed by atoms with Crippen LogP contribution in [0.2, 0.25) is 0 Å². The average molecular weight is 489 g/mol. The molecule has 3 N–H and O–H groups in total. The van der Waals surface area contributed by atoms with E-state index in [1.165, 1.54) is 96.0 Å². The Hall–Kier alpha value is -1.92. The van der Waals surface area contributed by atoms with E-state index in [-0.39, 0.29) is 13.0 Å². The number of ether oxygens (including phenoxy) is 2. The summed E-state index contributed by atoms with van der Waals surface area (Å²) in [5.74, 6) is -2.55. The van der Waals surface area contributed by atoms with Gasteiger partial charge in [-0.05, 0) is 24.6 Å². The lowest BCUT2D eigenvalue weighted by molar-refractivity contribution is -0.193. The molecule has 6 heteroatoms. The van der Waals surface area contributed by atoms with Gasteiger partial charge in [0.15, 0.2) is 0 Å². The van der Waals surface area contributed by atoms with Crippen LogP contribution < -0.4 is 11.1 Å². The van der Waals surface area contributed by atoms with Crippen LogP contribution in [0.4, 0.5) is 0 Å². The molecule has 0 saturated carbocycles. The van der Waals surface area contributed by atoms with Gasteiger partial charge in [0.25, 0.3) is 0 Å². The maximum absolute atomic E-state index is 12.5. The normalized spacial score (nSPS) is 14.8. The number of carbonyl (C=O) groups excluding carboxylic acids is 2. The number of unbranched alkanes of at least 4 members (excludes halogenated alkanes) is 15. The third-order valence-corrected chi connectivity index (χ3v) is 6.75. The molecule has 0 aromatic heterocycles. The molecular formula is C29H48N2O4. The summed E-state index contributed by atoms with van der Waals surface area (Å²) >= 11 is 0. The largest absolute Gasteiger partial charge is 0.405 e. The van der Waals surface area contributed by atoms with E-state index in [0.717, 1.165) is 12.8 Å². The number of nitrogens with two attached hydrogens (primary N) is 1. The Balaban J connectivity index is 1.53. The first-order valence-electron chi connectivity index (χ1n) is 14.1. The molecule has 1 aliphatic heterocycles. The van der Waals surface area contributed by atoms with E-state index in [2.05, 4.69) is 12.2 Å². The Morgan fingerprint density at radius 3 is 1.57 bits per heavy atom. The number of hydrogen-bond donors (Lipinski definition) is 2. The minimum absolute atomic E-state index is 0.202. The topological polar surface area (TPSA) is 90.6 Å². The van der Waals surface area contributed by atoms with Gasteiger partial charge < -0.3 is 15.2 Å². The molecule has 2 rings (SSSR count). The molecule has 2 bridgehead atoms. The predicted molar refractivity (Wildman–Crippen MR) is 141 cm³/mol. The maximum atomic E-state index is 12.5. The SMILES string of the molecule is CCCCCCCCCCCCCCCCCCNC1(CCN)OC(=O)c2cccc(c2)C(=O)O1. The molecule has 35 heavy (non-hydrogen) atoms. The number of hydrogen-bond acceptors (Lipinski definition) is 6. The first kappa shape index (κ1) is 29.3. The lowest BCUT2D eigenvalue weighted by Crippen LogP contribution is -2.54. The molecule has 0 amide bonds. The van der Waals surface area contributed by atoms with Crippen LogP contribution in [-0.2, 0) is 9.47 Å². The molecule has 1 aliphatic rings. The predicted octanol–water partition coefficient (Wildman–Crippen LogP) is 6.87. The Kier molecular flexibility index (Phi) is 14.7. The van der Waals surface area contributed by atoms with Crippen molar-refractivity contribution >= 4 is 11.9 Å². The van der Waals surface area contributed by atoms with Crippen LogP contribution in [0.5, 0.6) is 0 Å². The second-order valence-electron chi connectivity index (χ2n) is 9.88. The first-order valence-corrected chi connectivity index (χ1v) is 14.1. The van der Waals surface area contributed by atoms with E-state index >= 15 is 0 Å². The van der Waals surface area contributed by atoms with Crippen molar-refractivity contribution in [3.8, 4) is 0 Å². The van der Waals surface area contributed by atoms with Crippen molar-refractivity contribution in [2.75, 3.05) is 13.1 Å². The molecule has 1 heterocycles. The molecule has 0 spiro atoms. The van der Waals surface area contributed by atoms with Gasteiger partial charge in [-0.3, -0.25) is 0 Å². The van der Waals surface area contributed by atoms with Gasteiger partial charge in [-0.15, -0.1) is 0 Å². The summed E-state index contributed by atoms with van der Waals surface area (Å²) in [6, 6.07) is 6.40. The van der Waals surface area contributed by atoms with Crippen molar-refractivity contribution in [1.29, 1.82) is 0 Å². The van der Waals surface area contributed by atoms with Gasteiger partial charge in [0, 0.05) is 13.1 Å². The van der Waals surface area contributed by atoms with Crippen LogP contribution in [0.1, 0.15) is 137 Å². The number of fused-ring (bicyclic) bond motifs is 2. The zero-order chi connectivity index (χ0) is 25.2. The van der Waals surface area contributed by atoms with Crippen molar-refractivity contribution in [1.82, 2.24) is 5.32 Å². The number of rotatable bonds is 20. The lowest BCUT2D eigenvalue weighted by Gasteiger charge is -2.34. The average Bonchev–Trinajstić information content (AvgIpc) is 2.85. The van der Waals surface area contributed by atoms with Gasteiger partial charge in [0.2, 0.25) is 0 Å². The van der Waals surface area contributed by atoms with Crippen LogP contribution in [0.3, 0.4) is 0 Å². The standard InChI is InChI=1S/C29H48N2O4/c1-2-3-4-5-6-7-8-9-10-11-12-13-14-15-16-17-23-31-29(21-22-30)34-27(32)25-19-18-20-26(24-25)28(33)35-29/h18-20,24,31H,2-17,21-23,30H2,1H3. The van der Waals surface area contributed by atoms with Crippen molar-refractivity contribution in [3.63, 3.8) is 0 Å². The number of esters is 2. The van der Waals surface area contributed by atoms with Gasteiger partial charge in [-0.1, -0.05) is 109 Å². The molecule has 0 unspecified atom stereocenters. The van der Waals surface area contributed by atoms with Gasteiger partial charge in [0.1, 0.15) is 0 Å². The zero-order valence-corrected chi connectivity index (χ0v) is 22.0. The molecule has 198 valence electrons. The molecular weight excluding hydrogens is 440 g/mol. The fraction of sp³-hybridized carbons (Fsp3) is 0.724. The van der Waals surface area contributed by atoms with Gasteiger partial charge in [-0.25, -0.2) is 14.9 Å². The highest BCUT2D eigenvalue weighted by Gasteiger charge is 2.40. The summed E-state index contributed by atoms with van der Waals surface area (Å²) < 4.78 is 11.2. The van der Waals surface area contributed by atoms with Gasteiger partial charge >= 0.3 is 17.8 Å². The van der Waals surface area contributed by atoms with Crippen molar-refractivity contribution in [2.45, 2.75) is 122 Å². The van der Waals surface area contributed by atoms with Crippen LogP contribution >= 0.6 is 0 Å². The Morgan fingerprint density at radius 2 is 1.14 bits per heavy atom. The highest BCUT2D eigenvalue weighted by molar-refractivity contribution is 5.96. The summed E-state index contributed by atoms with van der Waals surface area (Å²) in [5, 5.41) is 3.16. The van der Waals surface area contributed by atoms with E-state index in [4.69, 9.17) is 15.2 Å². The Labute approximate surface area is 212 Å². The molecule has 1 aromatic rings. The molecule has 0 aliphatic carbocycles. The highest BCUT2D eigenvalue weighted by atomic mass is 16.7. The summed E-state index contributed by atoms with van der Waals surface area (Å²) in [5.41, 5.74) is 6.42.